The van der Waals surface area contributed by atoms with E-state index in [0.29, 0.717) is 35.3 Å². The number of fused-ring (bicyclic) bond motifs is 1. The quantitative estimate of drug-likeness (QED) is 0.734. The molecule has 1 heterocycles. The first kappa shape index (κ1) is 19.5. The summed E-state index contributed by atoms with van der Waals surface area (Å²) in [6.07, 6.45) is 0.986. The third kappa shape index (κ3) is 4.04. The number of ether oxygens (including phenoxy) is 1. The Morgan fingerprint density at radius 1 is 1.19 bits per heavy atom. The van der Waals surface area contributed by atoms with Crippen LogP contribution in [0.15, 0.2) is 21.3 Å². The Hall–Kier alpha value is -2.83. The molecule has 0 bridgehead atoms. The van der Waals surface area contributed by atoms with Gasteiger partial charge in [0.2, 0.25) is 0 Å². The molecule has 0 radical (unpaired) electrons. The highest BCUT2D eigenvalue weighted by molar-refractivity contribution is 5.86. The Balaban J connectivity index is 2.18. The van der Waals surface area contributed by atoms with E-state index >= 15 is 0 Å². The highest BCUT2D eigenvalue weighted by Crippen LogP contribution is 2.29. The van der Waals surface area contributed by atoms with E-state index in [1.54, 1.807) is 26.0 Å². The van der Waals surface area contributed by atoms with Gasteiger partial charge < -0.3 is 19.6 Å². The number of aliphatic carboxylic acids is 1. The van der Waals surface area contributed by atoms with Gasteiger partial charge in [-0.3, -0.25) is 4.79 Å². The van der Waals surface area contributed by atoms with E-state index < -0.39 is 23.5 Å². The Labute approximate surface area is 151 Å². The predicted molar refractivity (Wildman–Crippen MR) is 96.7 cm³/mol. The number of aryl methyl sites for hydroxylation is 2. The molecule has 2 N–H and O–H groups in total. The van der Waals surface area contributed by atoms with E-state index in [4.69, 9.17) is 14.3 Å². The zero-order valence-corrected chi connectivity index (χ0v) is 15.3. The lowest BCUT2D eigenvalue weighted by Gasteiger charge is -2.15. The molecule has 0 spiro atoms. The van der Waals surface area contributed by atoms with Crippen molar-refractivity contribution < 1.29 is 23.8 Å². The summed E-state index contributed by atoms with van der Waals surface area (Å²) in [4.78, 5) is 35.0. The SMILES string of the molecule is CCCC(NC(=O)COc1ccc2c(C)c(C)c(=O)oc2c1C)C(=O)O. The number of benzene rings is 1. The molecule has 26 heavy (non-hydrogen) atoms. The lowest BCUT2D eigenvalue weighted by Crippen LogP contribution is -2.42. The monoisotopic (exact) mass is 361 g/mol. The molecule has 7 heteroatoms. The van der Waals surface area contributed by atoms with E-state index in [1.807, 2.05) is 13.8 Å². The number of amides is 1. The third-order valence-corrected chi connectivity index (χ3v) is 4.39. The summed E-state index contributed by atoms with van der Waals surface area (Å²) in [6.45, 7) is 6.81. The highest BCUT2D eigenvalue weighted by Gasteiger charge is 2.19. The molecule has 0 saturated carbocycles. The van der Waals surface area contributed by atoms with Gasteiger partial charge in [0.05, 0.1) is 0 Å². The fourth-order valence-corrected chi connectivity index (χ4v) is 2.71. The average molecular weight is 361 g/mol. The number of carboxylic acids is 1. The molecular formula is C19H23NO6. The van der Waals surface area contributed by atoms with Gasteiger partial charge in [0.15, 0.2) is 6.61 Å². The van der Waals surface area contributed by atoms with Gasteiger partial charge in [-0.25, -0.2) is 9.59 Å². The summed E-state index contributed by atoms with van der Waals surface area (Å²) in [6, 6.07) is 2.55. The van der Waals surface area contributed by atoms with Crippen LogP contribution < -0.4 is 15.7 Å². The molecule has 1 unspecified atom stereocenters. The molecule has 1 amide bonds. The average Bonchev–Trinajstić information content (AvgIpc) is 2.59. The van der Waals surface area contributed by atoms with Gasteiger partial charge in [-0.1, -0.05) is 13.3 Å². The van der Waals surface area contributed by atoms with Crippen molar-refractivity contribution in [3.05, 3.63) is 39.2 Å². The molecule has 0 saturated heterocycles. The molecule has 140 valence electrons. The van der Waals surface area contributed by atoms with Crippen LogP contribution in [-0.2, 0) is 9.59 Å². The van der Waals surface area contributed by atoms with E-state index in [9.17, 15) is 14.4 Å². The topological polar surface area (TPSA) is 106 Å². The maximum absolute atomic E-state index is 12.0. The van der Waals surface area contributed by atoms with Crippen LogP contribution in [0.3, 0.4) is 0 Å². The molecule has 0 fully saturated rings. The van der Waals surface area contributed by atoms with Crippen LogP contribution in [0.4, 0.5) is 0 Å². The maximum Gasteiger partial charge on any atom is 0.339 e. The molecule has 1 aromatic carbocycles. The Bertz CT molecular complexity index is 899. The molecule has 1 atom stereocenters. The van der Waals surface area contributed by atoms with Gasteiger partial charge in [-0.2, -0.15) is 0 Å². The molecule has 0 aliphatic carbocycles. The third-order valence-electron chi connectivity index (χ3n) is 4.39. The van der Waals surface area contributed by atoms with Gasteiger partial charge in [-0.05, 0) is 44.9 Å². The standard InChI is InChI=1S/C19H23NO6/c1-5-6-14(18(22)23)20-16(21)9-25-15-8-7-13-10(2)11(3)19(24)26-17(13)12(15)4/h7-8,14H,5-6,9H2,1-4H3,(H,20,21)(H,22,23). The number of hydrogen-bond acceptors (Lipinski definition) is 5. The zero-order valence-electron chi connectivity index (χ0n) is 15.3. The summed E-state index contributed by atoms with van der Waals surface area (Å²) >= 11 is 0. The van der Waals surface area contributed by atoms with Crippen LogP contribution in [0.1, 0.15) is 36.5 Å². The van der Waals surface area contributed by atoms with Gasteiger partial charge in [0.25, 0.3) is 5.91 Å². The second-order valence-corrected chi connectivity index (χ2v) is 6.24. The largest absolute Gasteiger partial charge is 0.483 e. The number of hydrogen-bond donors (Lipinski definition) is 2. The Kier molecular flexibility index (Phi) is 6.02. The Morgan fingerprint density at radius 3 is 2.50 bits per heavy atom. The number of rotatable bonds is 7. The second-order valence-electron chi connectivity index (χ2n) is 6.24. The van der Waals surface area contributed by atoms with E-state index in [2.05, 4.69) is 5.32 Å². The Morgan fingerprint density at radius 2 is 1.88 bits per heavy atom. The van der Waals surface area contributed by atoms with Gasteiger partial charge in [0, 0.05) is 16.5 Å². The molecule has 2 rings (SSSR count). The lowest BCUT2D eigenvalue weighted by atomic mass is 10.0. The van der Waals surface area contributed by atoms with Crippen molar-refractivity contribution >= 4 is 22.8 Å². The fraction of sp³-hybridized carbons (Fsp3) is 0.421. The molecule has 2 aromatic rings. The summed E-state index contributed by atoms with van der Waals surface area (Å²) in [5.41, 5.74) is 2.02. The van der Waals surface area contributed by atoms with Crippen LogP contribution in [0, 0.1) is 20.8 Å². The molecule has 1 aromatic heterocycles. The van der Waals surface area contributed by atoms with E-state index in [-0.39, 0.29) is 6.61 Å². The van der Waals surface area contributed by atoms with Gasteiger partial charge in [0.1, 0.15) is 17.4 Å². The van der Waals surface area contributed by atoms with E-state index in [1.165, 1.54) is 0 Å². The fourth-order valence-electron chi connectivity index (χ4n) is 2.71. The zero-order chi connectivity index (χ0) is 19.4. The van der Waals surface area contributed by atoms with Crippen LogP contribution in [0.25, 0.3) is 11.0 Å². The van der Waals surface area contributed by atoms with Crippen LogP contribution >= 0.6 is 0 Å². The number of carbonyl (C=O) groups is 2. The van der Waals surface area contributed by atoms with Crippen molar-refractivity contribution in [2.24, 2.45) is 0 Å². The normalized spacial score (nSPS) is 12.0. The van der Waals surface area contributed by atoms with Crippen molar-refractivity contribution in [2.45, 2.75) is 46.6 Å². The minimum absolute atomic E-state index is 0.324. The first-order valence-electron chi connectivity index (χ1n) is 8.44. The lowest BCUT2D eigenvalue weighted by molar-refractivity contribution is -0.142. The van der Waals surface area contributed by atoms with Crippen molar-refractivity contribution in [1.29, 1.82) is 0 Å². The molecule has 0 aliphatic rings. The summed E-state index contributed by atoms with van der Waals surface area (Å²) in [7, 11) is 0. The predicted octanol–water partition coefficient (Wildman–Crippen LogP) is 2.47. The van der Waals surface area contributed by atoms with Crippen molar-refractivity contribution in [1.82, 2.24) is 5.32 Å². The second kappa shape index (κ2) is 8.03. The number of carbonyl (C=O) groups excluding carboxylic acids is 1. The van der Waals surface area contributed by atoms with E-state index in [0.717, 1.165) is 10.9 Å². The summed E-state index contributed by atoms with van der Waals surface area (Å²) in [5.74, 6) is -1.19. The van der Waals surface area contributed by atoms with Crippen LogP contribution in [0.2, 0.25) is 0 Å². The van der Waals surface area contributed by atoms with Gasteiger partial charge >= 0.3 is 11.6 Å². The van der Waals surface area contributed by atoms with Crippen LogP contribution in [-0.4, -0.2) is 29.6 Å². The number of nitrogens with one attached hydrogen (secondary N) is 1. The van der Waals surface area contributed by atoms with Crippen molar-refractivity contribution in [3.63, 3.8) is 0 Å². The first-order chi connectivity index (χ1) is 12.3. The van der Waals surface area contributed by atoms with Crippen LogP contribution in [0.5, 0.6) is 5.75 Å². The minimum atomic E-state index is -1.07. The summed E-state index contributed by atoms with van der Waals surface area (Å²) < 4.78 is 10.9. The maximum atomic E-state index is 12.0. The smallest absolute Gasteiger partial charge is 0.339 e. The molecular weight excluding hydrogens is 338 g/mol. The van der Waals surface area contributed by atoms with Gasteiger partial charge in [-0.15, -0.1) is 0 Å². The highest BCUT2D eigenvalue weighted by atomic mass is 16.5. The van der Waals surface area contributed by atoms with Crippen molar-refractivity contribution in [3.8, 4) is 5.75 Å². The first-order valence-corrected chi connectivity index (χ1v) is 8.44. The van der Waals surface area contributed by atoms with Crippen molar-refractivity contribution in [2.75, 3.05) is 6.61 Å². The minimum Gasteiger partial charge on any atom is -0.483 e. The molecule has 0 aliphatic heterocycles. The summed E-state index contributed by atoms with van der Waals surface area (Å²) in [5, 5.41) is 12.3. The molecule has 7 nitrogen and oxygen atoms in total. The number of carboxylic acid groups (broad SMARTS) is 1.